The van der Waals surface area contributed by atoms with Gasteiger partial charge in [0.15, 0.2) is 0 Å². The van der Waals surface area contributed by atoms with Crippen LogP contribution >= 0.6 is 0 Å². The van der Waals surface area contributed by atoms with Crippen LogP contribution < -0.4 is 5.73 Å². The van der Waals surface area contributed by atoms with Crippen molar-refractivity contribution in [2.75, 3.05) is 6.54 Å². The zero-order chi connectivity index (χ0) is 12.8. The van der Waals surface area contributed by atoms with E-state index in [1.807, 2.05) is 0 Å². The Labute approximate surface area is 97.1 Å². The number of azide groups is 1. The Morgan fingerprint density at radius 2 is 2.18 bits per heavy atom. The number of aliphatic hydroxyl groups excluding tert-OH is 2. The van der Waals surface area contributed by atoms with Gasteiger partial charge in [0.05, 0.1) is 12.6 Å². The molecule has 1 rings (SSSR count). The largest absolute Gasteiger partial charge is 0.390 e. The minimum atomic E-state index is -1.30. The number of nitrogens with two attached hydrogens (primary N) is 1. The first-order valence-corrected chi connectivity index (χ1v) is 4.95. The minimum Gasteiger partial charge on any atom is -0.390 e. The van der Waals surface area contributed by atoms with Crippen molar-refractivity contribution in [2.24, 2.45) is 10.8 Å². The maximum Gasteiger partial charge on any atom is 0.128 e. The van der Waals surface area contributed by atoms with Crippen LogP contribution in [-0.2, 0) is 6.54 Å². The van der Waals surface area contributed by atoms with Crippen molar-refractivity contribution >= 4 is 0 Å². The van der Waals surface area contributed by atoms with Crippen LogP contribution in [0.25, 0.3) is 10.4 Å². The quantitative estimate of drug-likeness (QED) is 0.405. The van der Waals surface area contributed by atoms with Gasteiger partial charge < -0.3 is 15.9 Å². The van der Waals surface area contributed by atoms with Crippen LogP contribution in [0.5, 0.6) is 0 Å². The number of hydrogen-bond acceptors (Lipinski definition) is 4. The van der Waals surface area contributed by atoms with E-state index in [-0.39, 0.29) is 18.7 Å². The van der Waals surface area contributed by atoms with Crippen LogP contribution in [0.2, 0.25) is 0 Å². The summed E-state index contributed by atoms with van der Waals surface area (Å²) in [6.07, 6.45) is -2.57. The van der Waals surface area contributed by atoms with Crippen LogP contribution in [0.4, 0.5) is 4.39 Å². The molecule has 0 aliphatic rings. The Kier molecular flexibility index (Phi) is 4.86. The number of hydrogen-bond donors (Lipinski definition) is 3. The van der Waals surface area contributed by atoms with Gasteiger partial charge in [-0.3, -0.25) is 0 Å². The van der Waals surface area contributed by atoms with E-state index in [4.69, 9.17) is 11.3 Å². The van der Waals surface area contributed by atoms with E-state index in [1.54, 1.807) is 0 Å². The lowest BCUT2D eigenvalue weighted by molar-refractivity contribution is 0.0242. The summed E-state index contributed by atoms with van der Waals surface area (Å²) in [6, 6.07) is 4.01. The molecule has 0 heterocycles. The molecule has 0 spiro atoms. The summed E-state index contributed by atoms with van der Waals surface area (Å²) in [5, 5.41) is 22.3. The summed E-state index contributed by atoms with van der Waals surface area (Å²) >= 11 is 0. The molecule has 2 atom stereocenters. The first kappa shape index (κ1) is 13.4. The molecule has 0 radical (unpaired) electrons. The highest BCUT2D eigenvalue weighted by molar-refractivity contribution is 5.26. The molecule has 0 aliphatic heterocycles. The van der Waals surface area contributed by atoms with Gasteiger partial charge >= 0.3 is 0 Å². The SMILES string of the molecule is [N-]=[N+]=NCC(O)C(O)c1ccc(CN)c(F)c1. The molecule has 0 fully saturated rings. The van der Waals surface area contributed by atoms with Crippen LogP contribution in [0.15, 0.2) is 23.3 Å². The molecule has 0 bridgehead atoms. The Bertz CT molecular complexity index is 434. The molecule has 2 unspecified atom stereocenters. The molecular weight excluding hydrogens is 227 g/mol. The summed E-state index contributed by atoms with van der Waals surface area (Å²) < 4.78 is 13.4. The highest BCUT2D eigenvalue weighted by atomic mass is 19.1. The Hall–Kier alpha value is -1.66. The summed E-state index contributed by atoms with van der Waals surface area (Å²) in [5.74, 6) is -0.542. The minimum absolute atomic E-state index is 0.0590. The molecule has 0 saturated carbocycles. The molecule has 0 saturated heterocycles. The zero-order valence-corrected chi connectivity index (χ0v) is 8.99. The monoisotopic (exact) mass is 240 g/mol. The van der Waals surface area contributed by atoms with E-state index in [2.05, 4.69) is 10.0 Å². The van der Waals surface area contributed by atoms with E-state index >= 15 is 0 Å². The van der Waals surface area contributed by atoms with Gasteiger partial charge in [-0.1, -0.05) is 17.2 Å². The predicted molar refractivity (Wildman–Crippen MR) is 59.3 cm³/mol. The van der Waals surface area contributed by atoms with Gasteiger partial charge in [-0.05, 0) is 17.2 Å². The maximum atomic E-state index is 13.4. The van der Waals surface area contributed by atoms with Gasteiger partial charge in [-0.15, -0.1) is 0 Å². The molecule has 0 amide bonds. The predicted octanol–water partition coefficient (Wildman–Crippen LogP) is 0.989. The van der Waals surface area contributed by atoms with E-state index in [9.17, 15) is 14.6 Å². The zero-order valence-electron chi connectivity index (χ0n) is 8.99. The molecule has 1 aromatic rings. The van der Waals surface area contributed by atoms with Crippen molar-refractivity contribution in [2.45, 2.75) is 18.8 Å². The normalized spacial score (nSPS) is 13.9. The fourth-order valence-electron chi connectivity index (χ4n) is 1.36. The summed E-state index contributed by atoms with van der Waals surface area (Å²) in [4.78, 5) is 2.46. The van der Waals surface area contributed by atoms with E-state index < -0.39 is 18.0 Å². The van der Waals surface area contributed by atoms with Crippen molar-refractivity contribution in [3.8, 4) is 0 Å². The van der Waals surface area contributed by atoms with Crippen LogP contribution in [-0.4, -0.2) is 22.9 Å². The third-order valence-electron chi connectivity index (χ3n) is 2.33. The fraction of sp³-hybridized carbons (Fsp3) is 0.400. The Balaban J connectivity index is 2.85. The Morgan fingerprint density at radius 3 is 2.71 bits per heavy atom. The third-order valence-corrected chi connectivity index (χ3v) is 2.33. The topological polar surface area (TPSA) is 115 Å². The molecule has 7 heteroatoms. The standard InChI is InChI=1S/C10H13FN4O2/c11-8-3-6(1-2-7(8)4-12)10(17)9(16)5-14-15-13/h1-3,9-10,16-17H,4-5,12H2. The lowest BCUT2D eigenvalue weighted by atomic mass is 10.0. The highest BCUT2D eigenvalue weighted by Crippen LogP contribution is 2.20. The number of benzene rings is 1. The number of halogens is 1. The third kappa shape index (κ3) is 3.40. The van der Waals surface area contributed by atoms with Crippen molar-refractivity contribution in [1.82, 2.24) is 0 Å². The maximum absolute atomic E-state index is 13.4. The molecule has 92 valence electrons. The van der Waals surface area contributed by atoms with Crippen LogP contribution in [0, 0.1) is 5.82 Å². The second-order valence-electron chi connectivity index (χ2n) is 3.48. The van der Waals surface area contributed by atoms with E-state index in [0.717, 1.165) is 6.07 Å². The van der Waals surface area contributed by atoms with E-state index in [1.165, 1.54) is 12.1 Å². The number of aliphatic hydroxyl groups is 2. The van der Waals surface area contributed by atoms with Gasteiger partial charge in [-0.2, -0.15) is 0 Å². The van der Waals surface area contributed by atoms with Crippen molar-refractivity contribution < 1.29 is 14.6 Å². The van der Waals surface area contributed by atoms with Gasteiger partial charge in [0.2, 0.25) is 0 Å². The molecular formula is C10H13FN4O2. The number of nitrogens with zero attached hydrogens (tertiary/aromatic N) is 3. The van der Waals surface area contributed by atoms with Gasteiger partial charge in [0.1, 0.15) is 11.9 Å². The molecule has 0 aliphatic carbocycles. The smallest absolute Gasteiger partial charge is 0.128 e. The van der Waals surface area contributed by atoms with Gasteiger partial charge in [0.25, 0.3) is 0 Å². The van der Waals surface area contributed by atoms with E-state index in [0.29, 0.717) is 5.56 Å². The lowest BCUT2D eigenvalue weighted by Gasteiger charge is -2.16. The second-order valence-corrected chi connectivity index (χ2v) is 3.48. The molecule has 17 heavy (non-hydrogen) atoms. The van der Waals surface area contributed by atoms with Crippen molar-refractivity contribution in [3.05, 3.63) is 45.6 Å². The average molecular weight is 240 g/mol. The highest BCUT2D eigenvalue weighted by Gasteiger charge is 2.18. The second kappa shape index (κ2) is 6.17. The molecule has 1 aromatic carbocycles. The van der Waals surface area contributed by atoms with Crippen LogP contribution in [0.1, 0.15) is 17.2 Å². The van der Waals surface area contributed by atoms with Crippen molar-refractivity contribution in [1.29, 1.82) is 0 Å². The summed E-state index contributed by atoms with van der Waals surface area (Å²) in [6.45, 7) is -0.221. The molecule has 4 N–H and O–H groups in total. The van der Waals surface area contributed by atoms with Crippen LogP contribution in [0.3, 0.4) is 0 Å². The fourth-order valence-corrected chi connectivity index (χ4v) is 1.36. The first-order valence-electron chi connectivity index (χ1n) is 4.95. The molecule has 0 aromatic heterocycles. The van der Waals surface area contributed by atoms with Crippen molar-refractivity contribution in [3.63, 3.8) is 0 Å². The van der Waals surface area contributed by atoms with Gasteiger partial charge in [-0.25, -0.2) is 4.39 Å². The summed E-state index contributed by atoms with van der Waals surface area (Å²) in [5.41, 5.74) is 13.9. The molecule has 6 nitrogen and oxygen atoms in total. The average Bonchev–Trinajstić information content (AvgIpc) is 2.34. The van der Waals surface area contributed by atoms with Gasteiger partial charge in [0, 0.05) is 17.0 Å². The number of rotatable bonds is 5. The Morgan fingerprint density at radius 1 is 1.47 bits per heavy atom. The first-order chi connectivity index (χ1) is 8.10. The summed E-state index contributed by atoms with van der Waals surface area (Å²) in [7, 11) is 0. The lowest BCUT2D eigenvalue weighted by Crippen LogP contribution is -2.21.